The predicted octanol–water partition coefficient (Wildman–Crippen LogP) is 0.995. The Kier molecular flexibility index (Phi) is 6.83. The van der Waals surface area contributed by atoms with Gasteiger partial charge in [-0.05, 0) is 18.9 Å². The van der Waals surface area contributed by atoms with E-state index < -0.39 is 10.1 Å². The van der Waals surface area contributed by atoms with Gasteiger partial charge in [0.1, 0.15) is 0 Å². The summed E-state index contributed by atoms with van der Waals surface area (Å²) < 4.78 is 27.7. The van der Waals surface area contributed by atoms with Gasteiger partial charge in [-0.1, -0.05) is 11.8 Å². The molecule has 8 heteroatoms. The molecule has 1 rings (SSSR count). The zero-order valence-electron chi connectivity index (χ0n) is 11.9. The summed E-state index contributed by atoms with van der Waals surface area (Å²) in [6.45, 7) is 1.51. The average Bonchev–Trinajstić information content (AvgIpc) is 2.36. The lowest BCUT2D eigenvalue weighted by atomic mass is 10.1. The maximum absolute atomic E-state index is 12.0. The van der Waals surface area contributed by atoms with Gasteiger partial charge >= 0.3 is 10.1 Å². The Morgan fingerprint density at radius 1 is 1.33 bits per heavy atom. The lowest BCUT2D eigenvalue weighted by molar-refractivity contribution is -0.856. The summed E-state index contributed by atoms with van der Waals surface area (Å²) in [6, 6.07) is 3.15. The Hall–Kier alpha value is -1.41. The van der Waals surface area contributed by atoms with E-state index in [1.807, 2.05) is 0 Å². The van der Waals surface area contributed by atoms with E-state index in [-0.39, 0.29) is 10.9 Å². The van der Waals surface area contributed by atoms with Crippen molar-refractivity contribution in [1.82, 2.24) is 0 Å². The zero-order valence-corrected chi connectivity index (χ0v) is 13.6. The smallest absolute Gasteiger partial charge is 0.294 e. The molecule has 1 aromatic rings. The second-order valence-electron chi connectivity index (χ2n) is 4.45. The molecule has 21 heavy (non-hydrogen) atoms. The molecule has 1 heterocycles. The number of ketones is 1. The van der Waals surface area contributed by atoms with Gasteiger partial charge in [0.2, 0.25) is 12.4 Å². The molecule has 0 saturated heterocycles. The summed E-state index contributed by atoms with van der Waals surface area (Å²) in [7, 11) is -3.64. The van der Waals surface area contributed by atoms with Gasteiger partial charge in [0, 0.05) is 29.9 Å². The van der Waals surface area contributed by atoms with Crippen LogP contribution in [0.5, 0.6) is 0 Å². The van der Waals surface area contributed by atoms with Crippen LogP contribution in [0.15, 0.2) is 24.5 Å². The third-order valence-corrected chi connectivity index (χ3v) is 3.76. The minimum atomic E-state index is -3.64. The molecule has 0 unspecified atom stereocenters. The fourth-order valence-electron chi connectivity index (χ4n) is 1.57. The van der Waals surface area contributed by atoms with Crippen LogP contribution in [0.3, 0.4) is 0 Å². The third kappa shape index (κ3) is 7.81. The van der Waals surface area contributed by atoms with E-state index in [0.29, 0.717) is 24.2 Å². The Morgan fingerprint density at radius 2 is 2.05 bits per heavy atom. The molecule has 0 saturated carbocycles. The fourth-order valence-corrected chi connectivity index (χ4v) is 2.61. The summed E-state index contributed by atoms with van der Waals surface area (Å²) in [5, 5.41) is 0.0725. The van der Waals surface area contributed by atoms with Gasteiger partial charge in [0.15, 0.2) is 10.9 Å². The highest BCUT2D eigenvalue weighted by atomic mass is 32.2. The van der Waals surface area contributed by atoms with Crippen LogP contribution >= 0.6 is 11.8 Å². The molecular weight excluding hydrogens is 314 g/mol. The first kappa shape index (κ1) is 17.6. The lowest BCUT2D eigenvalue weighted by Crippen LogP contribution is -2.45. The van der Waals surface area contributed by atoms with E-state index in [1.54, 1.807) is 12.1 Å². The van der Waals surface area contributed by atoms with E-state index in [2.05, 4.69) is 4.28 Å². The minimum Gasteiger partial charge on any atom is -0.294 e. The molecule has 0 atom stereocenters. The molecule has 0 radical (unpaired) electrons. The van der Waals surface area contributed by atoms with Crippen molar-refractivity contribution in [3.05, 3.63) is 30.1 Å². The van der Waals surface area contributed by atoms with Gasteiger partial charge in [0.05, 0.1) is 11.8 Å². The maximum Gasteiger partial charge on any atom is 0.364 e. The normalized spacial score (nSPS) is 11.1. The first-order chi connectivity index (χ1) is 9.78. The molecule has 0 N–H and O–H groups in total. The first-order valence-corrected chi connectivity index (χ1v) is 9.16. The number of pyridine rings is 1. The number of hydrogen-bond donors (Lipinski definition) is 0. The second-order valence-corrected chi connectivity index (χ2v) is 7.28. The Labute approximate surface area is 128 Å². The van der Waals surface area contributed by atoms with Gasteiger partial charge in [0.25, 0.3) is 0 Å². The quantitative estimate of drug-likeness (QED) is 0.401. The number of carbonyl (C=O) groups is 2. The van der Waals surface area contributed by atoms with Crippen LogP contribution in [0.4, 0.5) is 0 Å². The largest absolute Gasteiger partial charge is 0.364 e. The van der Waals surface area contributed by atoms with E-state index in [1.165, 1.54) is 31.1 Å². The number of nitrogens with zero attached hydrogens (tertiary/aromatic N) is 1. The summed E-state index contributed by atoms with van der Waals surface area (Å²) in [4.78, 5) is 22.7. The van der Waals surface area contributed by atoms with Crippen LogP contribution in [0, 0.1) is 0 Å². The molecular formula is C13H18NO5S2+. The summed E-state index contributed by atoms with van der Waals surface area (Å²) in [5.41, 5.74) is 0.389. The van der Waals surface area contributed by atoms with Gasteiger partial charge in [-0.2, -0.15) is 8.42 Å². The summed E-state index contributed by atoms with van der Waals surface area (Å²) >= 11 is 1.25. The molecule has 0 aliphatic carbocycles. The van der Waals surface area contributed by atoms with Crippen molar-refractivity contribution in [3.63, 3.8) is 0 Å². The van der Waals surface area contributed by atoms with Crippen molar-refractivity contribution in [3.8, 4) is 0 Å². The van der Waals surface area contributed by atoms with Crippen molar-refractivity contribution in [2.75, 3.05) is 12.0 Å². The molecule has 0 amide bonds. The van der Waals surface area contributed by atoms with Crippen LogP contribution in [0.2, 0.25) is 0 Å². The molecule has 1 aromatic heterocycles. The minimum absolute atomic E-state index is 0.0725. The van der Waals surface area contributed by atoms with E-state index >= 15 is 0 Å². The second kappa shape index (κ2) is 8.14. The van der Waals surface area contributed by atoms with E-state index in [4.69, 9.17) is 0 Å². The Bertz CT molecular complexity index is 613. The standard InChI is InChI=1S/C13H18NO5S2/c1-11(15)20-9-4-3-7-13(16)12-6-5-8-14(10-12)19-21(2,17)18/h5-6,8,10H,3-4,7,9H2,1-2H3/q+1. The fraction of sp³-hybridized carbons (Fsp3) is 0.462. The van der Waals surface area contributed by atoms with E-state index in [0.717, 1.165) is 17.4 Å². The number of thioether (sulfide) groups is 1. The summed E-state index contributed by atoms with van der Waals surface area (Å²) in [5.74, 6) is 0.614. The number of rotatable bonds is 8. The van der Waals surface area contributed by atoms with Gasteiger partial charge in [-0.15, -0.1) is 4.28 Å². The monoisotopic (exact) mass is 332 g/mol. The van der Waals surface area contributed by atoms with Crippen LogP contribution in [-0.2, 0) is 14.9 Å². The summed E-state index contributed by atoms with van der Waals surface area (Å²) in [6.07, 6.45) is 5.49. The van der Waals surface area contributed by atoms with Crippen molar-refractivity contribution in [2.45, 2.75) is 26.2 Å². The Morgan fingerprint density at radius 3 is 2.67 bits per heavy atom. The van der Waals surface area contributed by atoms with Gasteiger partial charge in [-0.3, -0.25) is 9.59 Å². The van der Waals surface area contributed by atoms with Crippen molar-refractivity contribution in [2.24, 2.45) is 0 Å². The van der Waals surface area contributed by atoms with Crippen LogP contribution in [-0.4, -0.2) is 31.3 Å². The number of aromatic nitrogens is 1. The highest BCUT2D eigenvalue weighted by Gasteiger charge is 2.15. The molecule has 0 aromatic carbocycles. The lowest BCUT2D eigenvalue weighted by Gasteiger charge is -2.00. The van der Waals surface area contributed by atoms with Crippen LogP contribution in [0.1, 0.15) is 36.5 Å². The number of unbranched alkanes of at least 4 members (excludes halogenated alkanes) is 1. The number of carbonyl (C=O) groups excluding carboxylic acids is 2. The molecule has 116 valence electrons. The van der Waals surface area contributed by atoms with Crippen LogP contribution < -0.4 is 9.01 Å². The number of hydrogen-bond acceptors (Lipinski definition) is 6. The molecule has 0 aliphatic rings. The van der Waals surface area contributed by atoms with Crippen LogP contribution in [0.25, 0.3) is 0 Å². The van der Waals surface area contributed by atoms with Crippen molar-refractivity contribution in [1.29, 1.82) is 0 Å². The zero-order chi connectivity index (χ0) is 15.9. The molecule has 0 bridgehead atoms. The molecule has 0 aliphatic heterocycles. The van der Waals surface area contributed by atoms with E-state index in [9.17, 15) is 18.0 Å². The van der Waals surface area contributed by atoms with Gasteiger partial charge < -0.3 is 0 Å². The van der Waals surface area contributed by atoms with Crippen molar-refractivity contribution < 1.29 is 27.0 Å². The molecule has 6 nitrogen and oxygen atoms in total. The Balaban J connectivity index is 2.51. The average molecular weight is 332 g/mol. The highest BCUT2D eigenvalue weighted by Crippen LogP contribution is 2.09. The SMILES string of the molecule is CC(=O)SCCCCC(=O)c1ccc[n+](OS(C)(=O)=O)c1. The highest BCUT2D eigenvalue weighted by molar-refractivity contribution is 8.13. The number of Topliss-reactive ketones (excluding diaryl/α,β-unsaturated/α-hetero) is 1. The topological polar surface area (TPSA) is 81.4 Å². The maximum atomic E-state index is 12.0. The molecule has 0 fully saturated rings. The third-order valence-electron chi connectivity index (χ3n) is 2.42. The van der Waals surface area contributed by atoms with Gasteiger partial charge in [-0.25, -0.2) is 0 Å². The molecule has 0 spiro atoms. The predicted molar refractivity (Wildman–Crippen MR) is 79.4 cm³/mol. The first-order valence-electron chi connectivity index (χ1n) is 6.36. The van der Waals surface area contributed by atoms with Crippen molar-refractivity contribution >= 4 is 32.8 Å².